The van der Waals surface area contributed by atoms with Crippen LogP contribution in [-0.4, -0.2) is 18.3 Å². The largest absolute Gasteiger partial charge is 0.309 e. The minimum Gasteiger partial charge on any atom is -0.309 e. The number of halogens is 1. The first-order chi connectivity index (χ1) is 6.73. The highest BCUT2D eigenvalue weighted by Crippen LogP contribution is 2.38. The van der Waals surface area contributed by atoms with Crippen molar-refractivity contribution in [1.82, 2.24) is 5.32 Å². The van der Waals surface area contributed by atoms with Crippen LogP contribution in [0.4, 0.5) is 4.39 Å². The number of rotatable bonds is 1. The molecule has 2 atom stereocenters. The van der Waals surface area contributed by atoms with E-state index in [1.54, 1.807) is 0 Å². The predicted molar refractivity (Wildman–Crippen MR) is 57.1 cm³/mol. The van der Waals surface area contributed by atoms with Crippen LogP contribution >= 0.6 is 0 Å². The van der Waals surface area contributed by atoms with Crippen LogP contribution in [0, 0.1) is 5.92 Å². The van der Waals surface area contributed by atoms with Crippen molar-refractivity contribution in [3.63, 3.8) is 0 Å². The number of alkyl halides is 1. The molecule has 1 heterocycles. The number of nitrogens with one attached hydrogen (secondary N) is 1. The fourth-order valence-corrected chi connectivity index (χ4v) is 3.15. The van der Waals surface area contributed by atoms with Gasteiger partial charge in [-0.1, -0.05) is 19.3 Å². The summed E-state index contributed by atoms with van der Waals surface area (Å²) >= 11 is 0. The van der Waals surface area contributed by atoms with Crippen LogP contribution in [0.15, 0.2) is 0 Å². The molecule has 0 bridgehead atoms. The third kappa shape index (κ3) is 1.81. The third-order valence-electron chi connectivity index (χ3n) is 4.24. The van der Waals surface area contributed by atoms with E-state index in [0.29, 0.717) is 5.92 Å². The quantitative estimate of drug-likeness (QED) is 0.684. The van der Waals surface area contributed by atoms with Crippen molar-refractivity contribution in [2.24, 2.45) is 5.92 Å². The SMILES string of the molecule is CC1(C2CCCCC2)NCCCC1F. The Bertz CT molecular complexity index is 189. The first kappa shape index (κ1) is 10.4. The Morgan fingerprint density at radius 2 is 1.79 bits per heavy atom. The molecule has 1 N–H and O–H groups in total. The zero-order valence-electron chi connectivity index (χ0n) is 9.19. The smallest absolute Gasteiger partial charge is 0.118 e. The maximum atomic E-state index is 14.0. The highest BCUT2D eigenvalue weighted by Gasteiger charge is 2.43. The fourth-order valence-electron chi connectivity index (χ4n) is 3.15. The lowest BCUT2D eigenvalue weighted by atomic mass is 9.71. The van der Waals surface area contributed by atoms with Crippen molar-refractivity contribution in [2.45, 2.75) is 63.6 Å². The van der Waals surface area contributed by atoms with Crippen LogP contribution in [0.5, 0.6) is 0 Å². The first-order valence-electron chi connectivity index (χ1n) is 6.12. The van der Waals surface area contributed by atoms with Gasteiger partial charge in [-0.05, 0) is 45.1 Å². The molecule has 2 fully saturated rings. The lowest BCUT2D eigenvalue weighted by molar-refractivity contribution is 0.0507. The molecule has 0 radical (unpaired) electrons. The second kappa shape index (κ2) is 4.18. The Morgan fingerprint density at radius 3 is 2.43 bits per heavy atom. The minimum absolute atomic E-state index is 0.210. The Morgan fingerprint density at radius 1 is 1.07 bits per heavy atom. The van der Waals surface area contributed by atoms with E-state index in [9.17, 15) is 4.39 Å². The van der Waals surface area contributed by atoms with E-state index in [1.807, 2.05) is 0 Å². The van der Waals surface area contributed by atoms with Gasteiger partial charge in [-0.3, -0.25) is 0 Å². The molecule has 0 aromatic heterocycles. The summed E-state index contributed by atoms with van der Waals surface area (Å²) in [4.78, 5) is 0. The molecule has 0 aromatic carbocycles. The first-order valence-corrected chi connectivity index (χ1v) is 6.12. The molecule has 1 saturated carbocycles. The van der Waals surface area contributed by atoms with Crippen LogP contribution < -0.4 is 5.32 Å². The highest BCUT2D eigenvalue weighted by atomic mass is 19.1. The van der Waals surface area contributed by atoms with Gasteiger partial charge in [0.15, 0.2) is 0 Å². The molecule has 82 valence electrons. The van der Waals surface area contributed by atoms with Crippen LogP contribution in [0.1, 0.15) is 51.9 Å². The summed E-state index contributed by atoms with van der Waals surface area (Å²) in [7, 11) is 0. The van der Waals surface area contributed by atoms with Gasteiger partial charge in [0, 0.05) is 5.54 Å². The Hall–Kier alpha value is -0.110. The normalized spacial score (nSPS) is 41.1. The van der Waals surface area contributed by atoms with Crippen molar-refractivity contribution in [3.8, 4) is 0 Å². The summed E-state index contributed by atoms with van der Waals surface area (Å²) in [6.07, 6.45) is 7.55. The summed E-state index contributed by atoms with van der Waals surface area (Å²) < 4.78 is 14.0. The summed E-state index contributed by atoms with van der Waals surface area (Å²) in [5.41, 5.74) is -0.210. The van der Waals surface area contributed by atoms with E-state index in [-0.39, 0.29) is 5.54 Å². The molecule has 1 nitrogen and oxygen atoms in total. The molecule has 0 aromatic rings. The van der Waals surface area contributed by atoms with Gasteiger partial charge in [0.25, 0.3) is 0 Å². The van der Waals surface area contributed by atoms with Crippen molar-refractivity contribution in [3.05, 3.63) is 0 Å². The lowest BCUT2D eigenvalue weighted by Crippen LogP contribution is -2.59. The van der Waals surface area contributed by atoms with E-state index >= 15 is 0 Å². The highest BCUT2D eigenvalue weighted by molar-refractivity contribution is 4.99. The molecule has 2 heteroatoms. The van der Waals surface area contributed by atoms with Gasteiger partial charge in [0.1, 0.15) is 6.17 Å². The van der Waals surface area contributed by atoms with Gasteiger partial charge in [-0.2, -0.15) is 0 Å². The van der Waals surface area contributed by atoms with Gasteiger partial charge >= 0.3 is 0 Å². The van der Waals surface area contributed by atoms with Crippen LogP contribution in [-0.2, 0) is 0 Å². The monoisotopic (exact) mass is 199 g/mol. The van der Waals surface area contributed by atoms with E-state index in [0.717, 1.165) is 19.4 Å². The topological polar surface area (TPSA) is 12.0 Å². The molecule has 1 aliphatic heterocycles. The van der Waals surface area contributed by atoms with Crippen molar-refractivity contribution in [1.29, 1.82) is 0 Å². The molecule has 2 aliphatic rings. The van der Waals surface area contributed by atoms with Gasteiger partial charge in [0.2, 0.25) is 0 Å². The molecule has 2 rings (SSSR count). The lowest BCUT2D eigenvalue weighted by Gasteiger charge is -2.45. The number of piperidine rings is 1. The Labute approximate surface area is 86.5 Å². The van der Waals surface area contributed by atoms with Gasteiger partial charge < -0.3 is 5.32 Å². The van der Waals surface area contributed by atoms with Crippen LogP contribution in [0.3, 0.4) is 0 Å². The average Bonchev–Trinajstić information content (AvgIpc) is 2.24. The molecule has 0 amide bonds. The maximum absolute atomic E-state index is 14.0. The summed E-state index contributed by atoms with van der Waals surface area (Å²) in [6, 6.07) is 0. The summed E-state index contributed by atoms with van der Waals surface area (Å²) in [5, 5.41) is 3.44. The maximum Gasteiger partial charge on any atom is 0.118 e. The van der Waals surface area contributed by atoms with Crippen molar-refractivity contribution >= 4 is 0 Å². The minimum atomic E-state index is -0.626. The summed E-state index contributed by atoms with van der Waals surface area (Å²) in [5.74, 6) is 0.576. The van der Waals surface area contributed by atoms with Gasteiger partial charge in [-0.25, -0.2) is 4.39 Å². The molecule has 14 heavy (non-hydrogen) atoms. The van der Waals surface area contributed by atoms with E-state index < -0.39 is 6.17 Å². The molecule has 0 spiro atoms. The van der Waals surface area contributed by atoms with Gasteiger partial charge in [0.05, 0.1) is 0 Å². The number of hydrogen-bond acceptors (Lipinski definition) is 1. The van der Waals surface area contributed by atoms with Crippen LogP contribution in [0.2, 0.25) is 0 Å². The Balaban J connectivity index is 2.03. The third-order valence-corrected chi connectivity index (χ3v) is 4.24. The predicted octanol–water partition coefficient (Wildman–Crippen LogP) is 3.05. The zero-order valence-corrected chi connectivity index (χ0v) is 9.19. The second-order valence-corrected chi connectivity index (χ2v) is 5.15. The Kier molecular flexibility index (Phi) is 3.10. The molecular weight excluding hydrogens is 177 g/mol. The van der Waals surface area contributed by atoms with Gasteiger partial charge in [-0.15, -0.1) is 0 Å². The van der Waals surface area contributed by atoms with E-state index in [2.05, 4.69) is 12.2 Å². The number of hydrogen-bond donors (Lipinski definition) is 1. The summed E-state index contributed by atoms with van der Waals surface area (Å²) in [6.45, 7) is 3.11. The molecule has 2 unspecified atom stereocenters. The van der Waals surface area contributed by atoms with Crippen LogP contribution in [0.25, 0.3) is 0 Å². The average molecular weight is 199 g/mol. The fraction of sp³-hybridized carbons (Fsp3) is 1.00. The van der Waals surface area contributed by atoms with Crippen molar-refractivity contribution < 1.29 is 4.39 Å². The molecule has 1 aliphatic carbocycles. The second-order valence-electron chi connectivity index (χ2n) is 5.15. The standard InChI is InChI=1S/C12H22FN/c1-12(10-6-3-2-4-7-10)11(13)8-5-9-14-12/h10-11,14H,2-9H2,1H3. The molecule has 1 saturated heterocycles. The van der Waals surface area contributed by atoms with E-state index in [1.165, 1.54) is 32.1 Å². The van der Waals surface area contributed by atoms with Crippen molar-refractivity contribution in [2.75, 3.05) is 6.54 Å². The zero-order chi connectivity index (χ0) is 10.0. The van der Waals surface area contributed by atoms with E-state index in [4.69, 9.17) is 0 Å². The molecular formula is C12H22FN.